The van der Waals surface area contributed by atoms with E-state index >= 15 is 0 Å². The Balaban J connectivity index is 2.44. The van der Waals surface area contributed by atoms with E-state index in [2.05, 4.69) is 10.3 Å². The molecule has 0 aliphatic rings. The Kier molecular flexibility index (Phi) is 3.00. The molecule has 0 saturated carbocycles. The van der Waals surface area contributed by atoms with Crippen molar-refractivity contribution in [3.63, 3.8) is 0 Å². The van der Waals surface area contributed by atoms with E-state index in [1.165, 1.54) is 0 Å². The normalized spacial score (nSPS) is 10.4. The van der Waals surface area contributed by atoms with E-state index in [4.69, 9.17) is 10.5 Å². The van der Waals surface area contributed by atoms with Crippen molar-refractivity contribution >= 4 is 0 Å². The summed E-state index contributed by atoms with van der Waals surface area (Å²) in [5, 5.41) is 7.65. The fourth-order valence-electron chi connectivity index (χ4n) is 0.726. The van der Waals surface area contributed by atoms with Crippen LogP contribution in [0.25, 0.3) is 0 Å². The van der Waals surface area contributed by atoms with Gasteiger partial charge in [-0.3, -0.25) is 0 Å². The summed E-state index contributed by atoms with van der Waals surface area (Å²) >= 11 is 0. The Hall–Kier alpha value is -0.940. The first-order chi connectivity index (χ1) is 5.36. The van der Waals surface area contributed by atoms with E-state index in [-0.39, 0.29) is 0 Å². The van der Waals surface area contributed by atoms with Crippen LogP contribution in [-0.2, 0) is 17.8 Å². The Morgan fingerprint density at radius 1 is 1.73 bits per heavy atom. The predicted octanol–water partition coefficient (Wildman–Crippen LogP) is -0.617. The lowest BCUT2D eigenvalue weighted by Gasteiger charge is -1.96. The van der Waals surface area contributed by atoms with Crippen LogP contribution in [0.3, 0.4) is 0 Å². The van der Waals surface area contributed by atoms with Crippen LogP contribution in [-0.4, -0.2) is 28.7 Å². The van der Waals surface area contributed by atoms with Crippen molar-refractivity contribution in [2.75, 3.05) is 13.7 Å². The van der Waals surface area contributed by atoms with Gasteiger partial charge in [0.05, 0.1) is 18.8 Å². The predicted molar refractivity (Wildman–Crippen MR) is 39.8 cm³/mol. The highest BCUT2D eigenvalue weighted by Crippen LogP contribution is 1.90. The second kappa shape index (κ2) is 4.05. The molecule has 0 atom stereocenters. The molecule has 0 aliphatic heterocycles. The minimum atomic E-state index is 0.437. The van der Waals surface area contributed by atoms with Gasteiger partial charge < -0.3 is 10.5 Å². The molecule has 5 nitrogen and oxygen atoms in total. The third-order valence-corrected chi connectivity index (χ3v) is 1.32. The number of nitrogens with two attached hydrogens (primary N) is 1. The summed E-state index contributed by atoms with van der Waals surface area (Å²) in [6.45, 7) is 1.81. The van der Waals surface area contributed by atoms with Gasteiger partial charge in [-0.05, 0) is 0 Å². The topological polar surface area (TPSA) is 66.0 Å². The quantitative estimate of drug-likeness (QED) is 0.631. The molecular formula is C6H12N4O. The first-order valence-corrected chi connectivity index (χ1v) is 3.45. The van der Waals surface area contributed by atoms with Crippen LogP contribution in [0.4, 0.5) is 0 Å². The average Bonchev–Trinajstić information content (AvgIpc) is 2.48. The Morgan fingerprint density at radius 3 is 3.09 bits per heavy atom. The number of nitrogens with zero attached hydrogens (tertiary/aromatic N) is 3. The molecule has 0 saturated heterocycles. The van der Waals surface area contributed by atoms with Gasteiger partial charge >= 0.3 is 0 Å². The van der Waals surface area contributed by atoms with Gasteiger partial charge in [0.1, 0.15) is 0 Å². The molecule has 0 bridgehead atoms. The second-order valence-corrected chi connectivity index (χ2v) is 2.17. The first-order valence-electron chi connectivity index (χ1n) is 3.45. The third kappa shape index (κ3) is 2.28. The van der Waals surface area contributed by atoms with Gasteiger partial charge in [0.15, 0.2) is 0 Å². The fraction of sp³-hybridized carbons (Fsp3) is 0.667. The summed E-state index contributed by atoms with van der Waals surface area (Å²) in [4.78, 5) is 0. The number of hydrogen-bond donors (Lipinski definition) is 1. The second-order valence-electron chi connectivity index (χ2n) is 2.17. The maximum Gasteiger partial charge on any atom is 0.0962 e. The van der Waals surface area contributed by atoms with Gasteiger partial charge in [0, 0.05) is 19.9 Å². The number of rotatable bonds is 4. The maximum absolute atomic E-state index is 5.34. The molecule has 62 valence electrons. The van der Waals surface area contributed by atoms with Crippen LogP contribution in [0.1, 0.15) is 5.69 Å². The molecule has 11 heavy (non-hydrogen) atoms. The van der Waals surface area contributed by atoms with Gasteiger partial charge in [0.25, 0.3) is 0 Å². The Labute approximate surface area is 65.1 Å². The zero-order valence-corrected chi connectivity index (χ0v) is 6.53. The van der Waals surface area contributed by atoms with Gasteiger partial charge in [0.2, 0.25) is 0 Å². The molecule has 5 heteroatoms. The monoisotopic (exact) mass is 156 g/mol. The summed E-state index contributed by atoms with van der Waals surface area (Å²) in [6.07, 6.45) is 1.82. The van der Waals surface area contributed by atoms with E-state index in [1.54, 1.807) is 11.8 Å². The lowest BCUT2D eigenvalue weighted by atomic mass is 10.5. The SMILES string of the molecule is COCCn1cc(CN)nn1. The van der Waals surface area contributed by atoms with E-state index < -0.39 is 0 Å². The van der Waals surface area contributed by atoms with Crippen LogP contribution < -0.4 is 5.73 Å². The highest BCUT2D eigenvalue weighted by atomic mass is 16.5. The summed E-state index contributed by atoms with van der Waals surface area (Å²) in [5.74, 6) is 0. The zero-order chi connectivity index (χ0) is 8.10. The van der Waals surface area contributed by atoms with Crippen molar-refractivity contribution in [2.45, 2.75) is 13.1 Å². The number of hydrogen-bond acceptors (Lipinski definition) is 4. The van der Waals surface area contributed by atoms with Crippen LogP contribution in [0, 0.1) is 0 Å². The maximum atomic E-state index is 5.34. The lowest BCUT2D eigenvalue weighted by Crippen LogP contribution is -2.04. The number of aromatic nitrogens is 3. The van der Waals surface area contributed by atoms with Gasteiger partial charge in [-0.25, -0.2) is 4.68 Å². The van der Waals surface area contributed by atoms with Crippen molar-refractivity contribution in [1.29, 1.82) is 0 Å². The first kappa shape index (κ1) is 8.16. The number of ether oxygens (including phenoxy) is 1. The molecule has 0 unspecified atom stereocenters. The largest absolute Gasteiger partial charge is 0.383 e. The van der Waals surface area contributed by atoms with Gasteiger partial charge in [-0.15, -0.1) is 5.10 Å². The van der Waals surface area contributed by atoms with E-state index in [1.807, 2.05) is 6.20 Å². The average molecular weight is 156 g/mol. The molecule has 2 N–H and O–H groups in total. The summed E-state index contributed by atoms with van der Waals surface area (Å²) in [6, 6.07) is 0. The number of methoxy groups -OCH3 is 1. The van der Waals surface area contributed by atoms with Crippen LogP contribution in [0.15, 0.2) is 6.20 Å². The Bertz CT molecular complexity index is 210. The zero-order valence-electron chi connectivity index (χ0n) is 6.53. The molecule has 0 spiro atoms. The van der Waals surface area contributed by atoms with Crippen molar-refractivity contribution < 1.29 is 4.74 Å². The molecule has 0 aromatic carbocycles. The third-order valence-electron chi connectivity index (χ3n) is 1.32. The van der Waals surface area contributed by atoms with E-state index in [9.17, 15) is 0 Å². The molecule has 0 amide bonds. The van der Waals surface area contributed by atoms with Crippen molar-refractivity contribution in [3.05, 3.63) is 11.9 Å². The minimum Gasteiger partial charge on any atom is -0.383 e. The molecular weight excluding hydrogens is 144 g/mol. The van der Waals surface area contributed by atoms with Crippen LogP contribution >= 0.6 is 0 Å². The molecule has 1 aromatic rings. The minimum absolute atomic E-state index is 0.437. The van der Waals surface area contributed by atoms with Gasteiger partial charge in [-0.2, -0.15) is 0 Å². The highest BCUT2D eigenvalue weighted by Gasteiger charge is 1.96. The molecule has 1 heterocycles. The Morgan fingerprint density at radius 2 is 2.55 bits per heavy atom. The smallest absolute Gasteiger partial charge is 0.0962 e. The molecule has 1 aromatic heterocycles. The van der Waals surface area contributed by atoms with E-state index in [0.717, 1.165) is 12.2 Å². The highest BCUT2D eigenvalue weighted by molar-refractivity contribution is 4.90. The van der Waals surface area contributed by atoms with Crippen molar-refractivity contribution in [3.8, 4) is 0 Å². The van der Waals surface area contributed by atoms with E-state index in [0.29, 0.717) is 13.2 Å². The lowest BCUT2D eigenvalue weighted by molar-refractivity contribution is 0.183. The molecule has 0 radical (unpaired) electrons. The van der Waals surface area contributed by atoms with Crippen LogP contribution in [0.5, 0.6) is 0 Å². The molecule has 0 fully saturated rings. The molecule has 1 rings (SSSR count). The van der Waals surface area contributed by atoms with Crippen molar-refractivity contribution in [2.24, 2.45) is 5.73 Å². The summed E-state index contributed by atoms with van der Waals surface area (Å²) in [5.41, 5.74) is 6.15. The van der Waals surface area contributed by atoms with Crippen LogP contribution in [0.2, 0.25) is 0 Å². The fourth-order valence-corrected chi connectivity index (χ4v) is 0.726. The van der Waals surface area contributed by atoms with Gasteiger partial charge in [-0.1, -0.05) is 5.21 Å². The standard InChI is InChI=1S/C6H12N4O/c1-11-3-2-10-5-6(4-7)8-9-10/h5H,2-4,7H2,1H3. The summed E-state index contributed by atoms with van der Waals surface area (Å²) in [7, 11) is 1.65. The summed E-state index contributed by atoms with van der Waals surface area (Å²) < 4.78 is 6.58. The van der Waals surface area contributed by atoms with Crippen molar-refractivity contribution in [1.82, 2.24) is 15.0 Å². The molecule has 0 aliphatic carbocycles.